The van der Waals surface area contributed by atoms with Crippen molar-refractivity contribution >= 4 is 33.3 Å². The topological polar surface area (TPSA) is 104 Å². The number of aromatic nitrogens is 5. The Morgan fingerprint density at radius 2 is 2.10 bits per heavy atom. The third kappa shape index (κ3) is 4.00. The van der Waals surface area contributed by atoms with Gasteiger partial charge in [-0.25, -0.2) is 4.98 Å². The number of pyridine rings is 1. The molecular formula is C20H20N6O3S. The maximum Gasteiger partial charge on any atom is 0.267 e. The van der Waals surface area contributed by atoms with Crippen LogP contribution in [0.15, 0.2) is 36.7 Å². The Bertz CT molecular complexity index is 1190. The summed E-state index contributed by atoms with van der Waals surface area (Å²) in [6.45, 7) is 2.64. The molecule has 1 amide bonds. The van der Waals surface area contributed by atoms with Crippen molar-refractivity contribution in [2.45, 2.75) is 20.1 Å². The molecule has 0 aliphatic rings. The number of anilines is 1. The highest BCUT2D eigenvalue weighted by Crippen LogP contribution is 2.35. The Labute approximate surface area is 176 Å². The summed E-state index contributed by atoms with van der Waals surface area (Å²) in [5.74, 6) is 1.14. The summed E-state index contributed by atoms with van der Waals surface area (Å²) in [7, 11) is 3.12. The molecule has 0 spiro atoms. The van der Waals surface area contributed by atoms with Crippen LogP contribution in [0.3, 0.4) is 0 Å². The zero-order valence-electron chi connectivity index (χ0n) is 16.7. The zero-order valence-corrected chi connectivity index (χ0v) is 17.6. The highest BCUT2D eigenvalue weighted by molar-refractivity contribution is 7.20. The van der Waals surface area contributed by atoms with Gasteiger partial charge in [0.05, 0.1) is 29.6 Å². The van der Waals surface area contributed by atoms with Crippen LogP contribution in [0.1, 0.15) is 26.8 Å². The number of methoxy groups -OCH3 is 2. The van der Waals surface area contributed by atoms with Gasteiger partial charge in [-0.1, -0.05) is 6.07 Å². The first-order valence-electron chi connectivity index (χ1n) is 9.16. The van der Waals surface area contributed by atoms with Crippen LogP contribution < -0.4 is 10.1 Å². The summed E-state index contributed by atoms with van der Waals surface area (Å²) in [6.07, 6.45) is 3.54. The SMILES string of the molecule is COCc1nc(OC)c2c(C)c(C(=O)Nc3ccn(Cc4ccccn4)n3)sc2n1. The number of carbonyl (C=O) groups is 1. The number of aryl methyl sites for hydroxylation is 1. The van der Waals surface area contributed by atoms with Crippen molar-refractivity contribution in [3.8, 4) is 5.88 Å². The fourth-order valence-corrected chi connectivity index (χ4v) is 4.13. The third-order valence-corrected chi connectivity index (χ3v) is 5.59. The second-order valence-electron chi connectivity index (χ2n) is 6.49. The fraction of sp³-hybridized carbons (Fsp3) is 0.250. The molecule has 0 atom stereocenters. The Kier molecular flexibility index (Phi) is 5.68. The molecule has 30 heavy (non-hydrogen) atoms. The second-order valence-corrected chi connectivity index (χ2v) is 7.49. The highest BCUT2D eigenvalue weighted by Gasteiger charge is 2.21. The average Bonchev–Trinajstić information content (AvgIpc) is 3.32. The van der Waals surface area contributed by atoms with Gasteiger partial charge in [0.25, 0.3) is 5.91 Å². The van der Waals surface area contributed by atoms with Crippen LogP contribution in [0.2, 0.25) is 0 Å². The molecule has 4 aromatic heterocycles. The number of rotatable bonds is 7. The fourth-order valence-electron chi connectivity index (χ4n) is 3.05. The van der Waals surface area contributed by atoms with Gasteiger partial charge >= 0.3 is 0 Å². The normalized spacial score (nSPS) is 11.0. The number of nitrogens with zero attached hydrogens (tertiary/aromatic N) is 5. The zero-order chi connectivity index (χ0) is 21.1. The molecule has 10 heteroatoms. The summed E-state index contributed by atoms with van der Waals surface area (Å²) >= 11 is 1.29. The maximum absolute atomic E-state index is 12.9. The lowest BCUT2D eigenvalue weighted by Gasteiger charge is -2.05. The monoisotopic (exact) mass is 424 g/mol. The smallest absolute Gasteiger partial charge is 0.267 e. The van der Waals surface area contributed by atoms with Gasteiger partial charge in [0, 0.05) is 25.6 Å². The minimum Gasteiger partial charge on any atom is -0.480 e. The van der Waals surface area contributed by atoms with E-state index < -0.39 is 0 Å². The maximum atomic E-state index is 12.9. The van der Waals surface area contributed by atoms with Crippen molar-refractivity contribution < 1.29 is 14.3 Å². The molecule has 4 rings (SSSR count). The molecule has 0 radical (unpaired) electrons. The van der Waals surface area contributed by atoms with E-state index in [0.717, 1.165) is 16.6 Å². The summed E-state index contributed by atoms with van der Waals surface area (Å²) in [6, 6.07) is 7.46. The quantitative estimate of drug-likeness (QED) is 0.486. The molecule has 9 nitrogen and oxygen atoms in total. The third-order valence-electron chi connectivity index (χ3n) is 4.41. The largest absolute Gasteiger partial charge is 0.480 e. The number of hydrogen-bond donors (Lipinski definition) is 1. The Morgan fingerprint density at radius 1 is 1.23 bits per heavy atom. The van der Waals surface area contributed by atoms with E-state index in [2.05, 4.69) is 25.4 Å². The van der Waals surface area contributed by atoms with Crippen LogP contribution in [-0.2, 0) is 17.9 Å². The lowest BCUT2D eigenvalue weighted by atomic mass is 10.2. The van der Waals surface area contributed by atoms with Crippen LogP contribution in [-0.4, -0.2) is 44.9 Å². The molecule has 4 heterocycles. The molecule has 0 saturated carbocycles. The van der Waals surface area contributed by atoms with Gasteiger partial charge in [0.2, 0.25) is 5.88 Å². The Morgan fingerprint density at radius 3 is 2.83 bits per heavy atom. The van der Waals surface area contributed by atoms with Crippen molar-refractivity contribution in [1.29, 1.82) is 0 Å². The summed E-state index contributed by atoms with van der Waals surface area (Å²) in [5, 5.41) is 7.99. The summed E-state index contributed by atoms with van der Waals surface area (Å²) in [5.41, 5.74) is 1.65. The van der Waals surface area contributed by atoms with E-state index in [9.17, 15) is 4.79 Å². The van der Waals surface area contributed by atoms with Crippen LogP contribution >= 0.6 is 11.3 Å². The number of thiophene rings is 1. The number of fused-ring (bicyclic) bond motifs is 1. The van der Waals surface area contributed by atoms with E-state index in [1.54, 1.807) is 37.4 Å². The van der Waals surface area contributed by atoms with E-state index in [-0.39, 0.29) is 12.5 Å². The van der Waals surface area contributed by atoms with E-state index >= 15 is 0 Å². The molecule has 0 aliphatic carbocycles. The second kappa shape index (κ2) is 8.56. The molecule has 154 valence electrons. The minimum absolute atomic E-state index is 0.256. The van der Waals surface area contributed by atoms with Crippen LogP contribution in [0.4, 0.5) is 5.82 Å². The van der Waals surface area contributed by atoms with Crippen LogP contribution in [0.5, 0.6) is 5.88 Å². The molecular weight excluding hydrogens is 404 g/mol. The lowest BCUT2D eigenvalue weighted by Crippen LogP contribution is -2.12. The van der Waals surface area contributed by atoms with Gasteiger partial charge in [-0.3, -0.25) is 14.5 Å². The van der Waals surface area contributed by atoms with Gasteiger partial charge in [-0.2, -0.15) is 10.1 Å². The number of hydrogen-bond acceptors (Lipinski definition) is 8. The van der Waals surface area contributed by atoms with Gasteiger partial charge in [0.1, 0.15) is 11.4 Å². The molecule has 0 aromatic carbocycles. The molecule has 0 fully saturated rings. The first kappa shape index (κ1) is 19.9. The first-order valence-corrected chi connectivity index (χ1v) is 9.98. The lowest BCUT2D eigenvalue weighted by molar-refractivity contribution is 0.102. The Balaban J connectivity index is 1.57. The predicted molar refractivity (Wildman–Crippen MR) is 113 cm³/mol. The number of nitrogens with one attached hydrogen (secondary N) is 1. The molecule has 4 aromatic rings. The minimum atomic E-state index is -0.256. The van der Waals surface area contributed by atoms with Gasteiger partial charge in [0.15, 0.2) is 11.6 Å². The van der Waals surface area contributed by atoms with Crippen LogP contribution in [0.25, 0.3) is 10.2 Å². The average molecular weight is 424 g/mol. The summed E-state index contributed by atoms with van der Waals surface area (Å²) in [4.78, 5) is 27.3. The van der Waals surface area contributed by atoms with Crippen molar-refractivity contribution in [3.05, 3.63) is 58.6 Å². The van der Waals surface area contributed by atoms with Crippen molar-refractivity contribution in [2.75, 3.05) is 19.5 Å². The first-order chi connectivity index (χ1) is 14.6. The van der Waals surface area contributed by atoms with Gasteiger partial charge < -0.3 is 14.8 Å². The van der Waals surface area contributed by atoms with Gasteiger partial charge in [-0.05, 0) is 24.6 Å². The van der Waals surface area contributed by atoms with E-state index in [1.807, 2.05) is 25.1 Å². The van der Waals surface area contributed by atoms with Crippen molar-refractivity contribution in [1.82, 2.24) is 24.7 Å². The van der Waals surface area contributed by atoms with Crippen LogP contribution in [0, 0.1) is 6.92 Å². The Hall–Kier alpha value is -3.37. The molecule has 1 N–H and O–H groups in total. The van der Waals surface area contributed by atoms with E-state index in [4.69, 9.17) is 9.47 Å². The van der Waals surface area contributed by atoms with Crippen molar-refractivity contribution in [3.63, 3.8) is 0 Å². The molecule has 0 unspecified atom stereocenters. The summed E-state index contributed by atoms with van der Waals surface area (Å²) < 4.78 is 12.3. The number of ether oxygens (including phenoxy) is 2. The number of carbonyl (C=O) groups excluding carboxylic acids is 1. The molecule has 0 aliphatic heterocycles. The van der Waals surface area contributed by atoms with E-state index in [1.165, 1.54) is 11.3 Å². The standard InChI is InChI=1S/C20H20N6O3S/c1-12-16-19(29-3)23-15(11-28-2)24-20(16)30-17(12)18(27)22-14-7-9-26(25-14)10-13-6-4-5-8-21-13/h4-9H,10-11H2,1-3H3,(H,22,25,27). The molecule has 0 bridgehead atoms. The predicted octanol–water partition coefficient (Wildman–Crippen LogP) is 3.05. The van der Waals surface area contributed by atoms with E-state index in [0.29, 0.717) is 33.8 Å². The highest BCUT2D eigenvalue weighted by atomic mass is 32.1. The number of amides is 1. The van der Waals surface area contributed by atoms with Gasteiger partial charge in [-0.15, -0.1) is 11.3 Å². The van der Waals surface area contributed by atoms with Crippen molar-refractivity contribution in [2.24, 2.45) is 0 Å². The molecule has 0 saturated heterocycles.